The quantitative estimate of drug-likeness (QED) is 0.140. The largest absolute Gasteiger partial charge is 0.344 e. The van der Waals surface area contributed by atoms with Crippen molar-refractivity contribution < 1.29 is 0 Å². The molecule has 20 heteroatoms. The van der Waals surface area contributed by atoms with Crippen LogP contribution in [0.1, 0.15) is 0 Å². The molecule has 0 unspecified atom stereocenters. The van der Waals surface area contributed by atoms with Crippen LogP contribution in [-0.2, 0) is 56.4 Å². The van der Waals surface area contributed by atoms with E-state index < -0.39 is 0 Å². The standard InChI is InChI=1S/4C12H10N2.4C11H9N3/c1-14-11-7-3-2-5-9(11)10-6-4-8-13-12(10)14;1-14-10-6-3-2-5-9(10)12-11(14)7-4-8-13-12;1-14-11-5-3-2-4-9(11)10-8-13-7-6-12(10)14;1-14-11-5-3-2-4-9(11)10-6-7-13-8-12(10)14;1-14-10-8(4-2-6-12-10)9-5-3-7-13-11(9)14;1-14-10-5-3-2-4-8(10)9-6-12-7-13-11(9)14;1-14-9-5-3-2-4-8(9)11-10(14)6-12-7-13-11;1-14-9-5-3-2-4-8(9)10-11(14)13-7-6-12-10/h4*2-8H,1H3;4*2-7H,1H3. The van der Waals surface area contributed by atoms with Gasteiger partial charge < -0.3 is 36.5 Å². The minimum atomic E-state index is 0.939. The fraction of sp³-hybridized carbons (Fsp3) is 0.0870. The first-order chi connectivity index (χ1) is 55.0. The lowest BCUT2D eigenvalue weighted by Crippen LogP contribution is -1.89. The van der Waals surface area contributed by atoms with Crippen molar-refractivity contribution in [2.75, 3.05) is 0 Å². The Balaban J connectivity index is 0.0000000929. The van der Waals surface area contributed by atoms with Crippen LogP contribution in [0.2, 0.25) is 0 Å². The highest BCUT2D eigenvalue weighted by Gasteiger charge is 2.14. The van der Waals surface area contributed by atoms with Gasteiger partial charge in [-0.15, -0.1) is 0 Å². The van der Waals surface area contributed by atoms with Crippen molar-refractivity contribution in [3.63, 3.8) is 0 Å². The van der Waals surface area contributed by atoms with E-state index in [4.69, 9.17) is 0 Å². The SMILES string of the molecule is Cn1c2ccccc2c2cccnc21.Cn1c2ccccc2c2ccncc21.Cn1c2ccccc2c2cnccc21.Cn1c2ccccc2c2cncnc21.Cn1c2ccccc2c2ncccc21.Cn1c2ccccc2c2nccnc21.Cn1c2ccccc2c2ncncc21.Cn1c2ncccc2c2cccnc21. The minimum absolute atomic E-state index is 0.939. The molecule has 20 nitrogen and oxygen atoms in total. The number of fused-ring (bicyclic) bond motifs is 24. The number of hydrogen-bond acceptors (Lipinski definition) is 12. The van der Waals surface area contributed by atoms with Crippen LogP contribution in [0.4, 0.5) is 0 Å². The predicted octanol–water partition coefficient (Wildman–Crippen LogP) is 19.4. The molecule has 0 amide bonds. The van der Waals surface area contributed by atoms with E-state index in [1.54, 1.807) is 37.4 Å². The van der Waals surface area contributed by atoms with E-state index in [1.165, 1.54) is 104 Å². The summed E-state index contributed by atoms with van der Waals surface area (Å²) in [6.45, 7) is 0. The summed E-state index contributed by atoms with van der Waals surface area (Å²) < 4.78 is 17.0. The molecule has 0 radical (unpaired) electrons. The molecule has 24 rings (SSSR count). The molecule has 0 aliphatic carbocycles. The van der Waals surface area contributed by atoms with E-state index in [9.17, 15) is 0 Å². The van der Waals surface area contributed by atoms with Gasteiger partial charge in [0.25, 0.3) is 0 Å². The molecule has 0 spiro atoms. The number of nitrogens with zero attached hydrogens (tertiary/aromatic N) is 20. The average Bonchev–Trinajstić information content (AvgIpc) is 1.70. The molecule has 0 saturated carbocycles. The summed E-state index contributed by atoms with van der Waals surface area (Å²) in [7, 11) is 16.4. The van der Waals surface area contributed by atoms with Gasteiger partial charge >= 0.3 is 0 Å². The van der Waals surface area contributed by atoms with Gasteiger partial charge in [-0.05, 0) is 103 Å². The highest BCUT2D eigenvalue weighted by Crippen LogP contribution is 2.33. The van der Waals surface area contributed by atoms with Gasteiger partial charge in [-0.3, -0.25) is 19.9 Å². The van der Waals surface area contributed by atoms with Crippen molar-refractivity contribution in [1.82, 2.24) is 96.3 Å². The molecule has 0 bridgehead atoms. The Bertz CT molecular complexity index is 5790. The Kier molecular flexibility index (Phi) is 19.0. The predicted molar refractivity (Wildman–Crippen MR) is 457 cm³/mol. The van der Waals surface area contributed by atoms with Crippen LogP contribution in [0.15, 0.2) is 318 Å². The summed E-state index contributed by atoms with van der Waals surface area (Å²) >= 11 is 0. The summed E-state index contributed by atoms with van der Waals surface area (Å²) in [6, 6.07) is 78.6. The molecule has 544 valence electrons. The molecule has 112 heavy (non-hydrogen) atoms. The molecule has 0 fully saturated rings. The lowest BCUT2D eigenvalue weighted by molar-refractivity contribution is 0.968. The van der Waals surface area contributed by atoms with Gasteiger partial charge in [-0.2, -0.15) is 0 Å². The number of benzene rings is 7. The van der Waals surface area contributed by atoms with E-state index in [2.05, 4.69) is 290 Å². The summed E-state index contributed by atoms with van der Waals surface area (Å²) in [4.78, 5) is 51.1. The van der Waals surface area contributed by atoms with E-state index in [1.807, 2.05) is 143 Å². The van der Waals surface area contributed by atoms with Gasteiger partial charge in [0.2, 0.25) is 0 Å². The molecule has 17 heterocycles. The second-order valence-electron chi connectivity index (χ2n) is 27.1. The van der Waals surface area contributed by atoms with E-state index in [0.29, 0.717) is 0 Å². The van der Waals surface area contributed by atoms with Crippen LogP contribution >= 0.6 is 0 Å². The fourth-order valence-corrected chi connectivity index (χ4v) is 15.4. The molecule has 17 aromatic heterocycles. The highest BCUT2D eigenvalue weighted by atomic mass is 15.1. The van der Waals surface area contributed by atoms with Crippen molar-refractivity contribution in [3.8, 4) is 0 Å². The zero-order chi connectivity index (χ0) is 76.3. The first-order valence-corrected chi connectivity index (χ1v) is 36.7. The number of aromatic nitrogens is 20. The van der Waals surface area contributed by atoms with Gasteiger partial charge in [0.1, 0.15) is 40.8 Å². The summed E-state index contributed by atoms with van der Waals surface area (Å²) in [6.07, 6.45) is 25.2. The van der Waals surface area contributed by atoms with Crippen LogP contribution in [0.5, 0.6) is 0 Å². The minimum Gasteiger partial charge on any atom is -0.344 e. The number of rotatable bonds is 0. The number of para-hydroxylation sites is 7. The molecule has 0 aliphatic rings. The lowest BCUT2D eigenvalue weighted by Gasteiger charge is -1.95. The Hall–Kier alpha value is -14.9. The van der Waals surface area contributed by atoms with Crippen LogP contribution in [0.25, 0.3) is 175 Å². The molecule has 0 N–H and O–H groups in total. The highest BCUT2D eigenvalue weighted by molar-refractivity contribution is 6.12. The lowest BCUT2D eigenvalue weighted by atomic mass is 10.2. The van der Waals surface area contributed by atoms with Crippen molar-refractivity contribution in [2.24, 2.45) is 56.4 Å². The fourth-order valence-electron chi connectivity index (χ4n) is 15.4. The maximum Gasteiger partial charge on any atom is 0.159 e. The zero-order valence-electron chi connectivity index (χ0n) is 63.0. The normalized spacial score (nSPS) is 11.2. The van der Waals surface area contributed by atoms with Crippen molar-refractivity contribution in [3.05, 3.63) is 318 Å². The molecule has 7 aromatic carbocycles. The van der Waals surface area contributed by atoms with Crippen LogP contribution in [0, 0.1) is 0 Å². The first kappa shape index (κ1) is 70.1. The van der Waals surface area contributed by atoms with E-state index in [0.717, 1.165) is 71.8 Å². The average molecular weight is 1460 g/mol. The van der Waals surface area contributed by atoms with E-state index >= 15 is 0 Å². The number of hydrogen-bond donors (Lipinski definition) is 0. The summed E-state index contributed by atoms with van der Waals surface area (Å²) in [5.74, 6) is 0. The van der Waals surface area contributed by atoms with Gasteiger partial charge in [0.15, 0.2) is 5.65 Å². The van der Waals surface area contributed by atoms with Crippen molar-refractivity contribution in [1.29, 1.82) is 0 Å². The Morgan fingerprint density at radius 3 is 1.05 bits per heavy atom. The first-order valence-electron chi connectivity index (χ1n) is 36.7. The Morgan fingerprint density at radius 1 is 0.161 bits per heavy atom. The molecule has 0 saturated heterocycles. The van der Waals surface area contributed by atoms with Crippen LogP contribution in [-0.4, -0.2) is 96.3 Å². The van der Waals surface area contributed by atoms with Crippen LogP contribution < -0.4 is 0 Å². The second-order valence-corrected chi connectivity index (χ2v) is 27.1. The van der Waals surface area contributed by atoms with Gasteiger partial charge in [0, 0.05) is 199 Å². The second kappa shape index (κ2) is 30.4. The smallest absolute Gasteiger partial charge is 0.159 e. The summed E-state index contributed by atoms with van der Waals surface area (Å²) in [5.41, 5.74) is 21.3. The topological polar surface area (TPSA) is 194 Å². The van der Waals surface area contributed by atoms with Gasteiger partial charge in [0.05, 0.1) is 73.1 Å². The monoisotopic (exact) mass is 1460 g/mol. The third-order valence-corrected chi connectivity index (χ3v) is 20.9. The summed E-state index contributed by atoms with van der Waals surface area (Å²) in [5, 5.41) is 15.8. The molecule has 0 atom stereocenters. The van der Waals surface area contributed by atoms with Gasteiger partial charge in [-0.25, -0.2) is 39.9 Å². The number of pyridine rings is 6. The molecular formula is C92H76N20. The number of aryl methyl sites for hydroxylation is 8. The third-order valence-electron chi connectivity index (χ3n) is 20.9. The van der Waals surface area contributed by atoms with Crippen molar-refractivity contribution >= 4 is 175 Å². The van der Waals surface area contributed by atoms with Gasteiger partial charge in [-0.1, -0.05) is 127 Å². The molecule has 24 aromatic rings. The molecule has 0 aliphatic heterocycles. The maximum atomic E-state index is 4.41. The van der Waals surface area contributed by atoms with Crippen LogP contribution in [0.3, 0.4) is 0 Å². The zero-order valence-corrected chi connectivity index (χ0v) is 63.0. The maximum absolute atomic E-state index is 4.41. The molecular weight excluding hydrogens is 1390 g/mol. The Labute approximate surface area is 642 Å². The van der Waals surface area contributed by atoms with Crippen molar-refractivity contribution in [2.45, 2.75) is 0 Å². The van der Waals surface area contributed by atoms with E-state index in [-0.39, 0.29) is 0 Å². The third kappa shape index (κ3) is 12.7. The Morgan fingerprint density at radius 2 is 0.464 bits per heavy atom.